The van der Waals surface area contributed by atoms with E-state index in [9.17, 15) is 14.9 Å². The molecule has 3 rings (SSSR count). The molecule has 1 aliphatic carbocycles. The number of aryl methyl sites for hydroxylation is 1. The van der Waals surface area contributed by atoms with Gasteiger partial charge in [0.15, 0.2) is 0 Å². The third-order valence-corrected chi connectivity index (χ3v) is 6.25. The van der Waals surface area contributed by atoms with Gasteiger partial charge < -0.3 is 10.6 Å². The van der Waals surface area contributed by atoms with Gasteiger partial charge in [0.1, 0.15) is 5.69 Å². The Kier molecular flexibility index (Phi) is 7.63. The van der Waals surface area contributed by atoms with Gasteiger partial charge >= 0.3 is 0 Å². The molecule has 0 aliphatic heterocycles. The van der Waals surface area contributed by atoms with E-state index in [2.05, 4.69) is 28.6 Å². The number of carbonyl (C=O) groups excluding carboxylic acids is 1. The molecular formula is C24H32N4O3. The summed E-state index contributed by atoms with van der Waals surface area (Å²) in [7, 11) is 2.17. The Balaban J connectivity index is 1.65. The second-order valence-corrected chi connectivity index (χ2v) is 8.42. The number of para-hydroxylation sites is 1. The number of hydrogen-bond donors (Lipinski definition) is 2. The van der Waals surface area contributed by atoms with Crippen molar-refractivity contribution in [3.63, 3.8) is 0 Å². The van der Waals surface area contributed by atoms with Crippen LogP contribution in [0, 0.1) is 24.0 Å². The van der Waals surface area contributed by atoms with Crippen LogP contribution in [0.2, 0.25) is 0 Å². The molecule has 166 valence electrons. The van der Waals surface area contributed by atoms with Crippen molar-refractivity contribution >= 4 is 23.0 Å². The first-order valence-corrected chi connectivity index (χ1v) is 10.9. The zero-order valence-corrected chi connectivity index (χ0v) is 18.6. The summed E-state index contributed by atoms with van der Waals surface area (Å²) < 4.78 is 0. The summed E-state index contributed by atoms with van der Waals surface area (Å²) >= 11 is 0. The molecule has 0 bridgehead atoms. The SMILES string of the molecule is Cc1ccc([N+](=O)[O-])c(NC(=O)CNc2ccccc2CN(C)C2CCCCC2)c1C. The lowest BCUT2D eigenvalue weighted by molar-refractivity contribution is -0.384. The monoisotopic (exact) mass is 424 g/mol. The van der Waals surface area contributed by atoms with E-state index in [0.29, 0.717) is 11.6 Å². The Labute approximate surface area is 184 Å². The molecule has 2 aromatic carbocycles. The summed E-state index contributed by atoms with van der Waals surface area (Å²) in [4.78, 5) is 25.9. The van der Waals surface area contributed by atoms with Crippen LogP contribution in [0.1, 0.15) is 48.8 Å². The fraction of sp³-hybridized carbons (Fsp3) is 0.458. The number of nitro groups is 1. The molecule has 1 amide bonds. The number of rotatable bonds is 8. The first kappa shape index (κ1) is 22.7. The maximum atomic E-state index is 12.6. The summed E-state index contributed by atoms with van der Waals surface area (Å²) in [6.07, 6.45) is 6.39. The number of nitrogens with one attached hydrogen (secondary N) is 2. The van der Waals surface area contributed by atoms with Crippen molar-refractivity contribution in [1.82, 2.24) is 4.90 Å². The van der Waals surface area contributed by atoms with Gasteiger partial charge in [-0.25, -0.2) is 0 Å². The van der Waals surface area contributed by atoms with Crippen molar-refractivity contribution < 1.29 is 9.72 Å². The van der Waals surface area contributed by atoms with Crippen LogP contribution < -0.4 is 10.6 Å². The van der Waals surface area contributed by atoms with E-state index in [0.717, 1.165) is 23.4 Å². The number of nitrogens with zero attached hydrogens (tertiary/aromatic N) is 2. The molecule has 7 nitrogen and oxygen atoms in total. The van der Waals surface area contributed by atoms with Gasteiger partial charge in [-0.2, -0.15) is 0 Å². The topological polar surface area (TPSA) is 87.5 Å². The molecular weight excluding hydrogens is 392 g/mol. The van der Waals surface area contributed by atoms with Gasteiger partial charge in [0.05, 0.1) is 11.5 Å². The quantitative estimate of drug-likeness (QED) is 0.459. The predicted octanol–water partition coefficient (Wildman–Crippen LogP) is 5.03. The number of carbonyl (C=O) groups is 1. The highest BCUT2D eigenvalue weighted by Crippen LogP contribution is 2.30. The smallest absolute Gasteiger partial charge is 0.293 e. The molecule has 0 atom stereocenters. The fourth-order valence-electron chi connectivity index (χ4n) is 4.22. The standard InChI is InChI=1S/C24H32N4O3/c1-17-13-14-22(28(30)31)24(18(17)2)26-23(29)15-25-21-12-8-7-9-19(21)16-27(3)20-10-5-4-6-11-20/h7-9,12-14,20,25H,4-6,10-11,15-16H2,1-3H3,(H,26,29). The largest absolute Gasteiger partial charge is 0.376 e. The van der Waals surface area contributed by atoms with Crippen LogP contribution in [0.5, 0.6) is 0 Å². The molecule has 2 aromatic rings. The molecule has 0 aromatic heterocycles. The van der Waals surface area contributed by atoms with Crippen molar-refractivity contribution in [1.29, 1.82) is 0 Å². The van der Waals surface area contributed by atoms with E-state index in [1.807, 2.05) is 25.1 Å². The summed E-state index contributed by atoms with van der Waals surface area (Å²) in [5, 5.41) is 17.3. The number of nitro benzene ring substituents is 1. The van der Waals surface area contributed by atoms with E-state index in [1.165, 1.54) is 38.2 Å². The third-order valence-electron chi connectivity index (χ3n) is 6.25. The Morgan fingerprint density at radius 2 is 1.84 bits per heavy atom. The molecule has 0 saturated heterocycles. The van der Waals surface area contributed by atoms with Crippen LogP contribution in [0.15, 0.2) is 36.4 Å². The van der Waals surface area contributed by atoms with Crippen LogP contribution in [0.25, 0.3) is 0 Å². The van der Waals surface area contributed by atoms with E-state index >= 15 is 0 Å². The van der Waals surface area contributed by atoms with Gasteiger partial charge in [-0.1, -0.05) is 43.5 Å². The number of hydrogen-bond acceptors (Lipinski definition) is 5. The summed E-state index contributed by atoms with van der Waals surface area (Å²) in [5.41, 5.74) is 3.83. The lowest BCUT2D eigenvalue weighted by atomic mass is 9.94. The molecule has 31 heavy (non-hydrogen) atoms. The maximum Gasteiger partial charge on any atom is 0.293 e. The first-order valence-electron chi connectivity index (χ1n) is 10.9. The Bertz CT molecular complexity index is 938. The highest BCUT2D eigenvalue weighted by Gasteiger charge is 2.20. The third kappa shape index (κ3) is 5.82. The Morgan fingerprint density at radius 3 is 2.55 bits per heavy atom. The van der Waals surface area contributed by atoms with E-state index in [4.69, 9.17) is 0 Å². The predicted molar refractivity (Wildman–Crippen MR) is 124 cm³/mol. The minimum Gasteiger partial charge on any atom is -0.376 e. The van der Waals surface area contributed by atoms with E-state index in [1.54, 1.807) is 13.0 Å². The van der Waals surface area contributed by atoms with E-state index < -0.39 is 4.92 Å². The zero-order valence-electron chi connectivity index (χ0n) is 18.6. The highest BCUT2D eigenvalue weighted by atomic mass is 16.6. The summed E-state index contributed by atoms with van der Waals surface area (Å²) in [5.74, 6) is -0.313. The lowest BCUT2D eigenvalue weighted by Crippen LogP contribution is -2.33. The molecule has 7 heteroatoms. The van der Waals surface area contributed by atoms with Gasteiger partial charge in [-0.05, 0) is 56.5 Å². The van der Waals surface area contributed by atoms with Crippen molar-refractivity contribution in [3.05, 3.63) is 63.2 Å². The number of benzene rings is 2. The fourth-order valence-corrected chi connectivity index (χ4v) is 4.22. The van der Waals surface area contributed by atoms with Gasteiger partial charge in [-0.3, -0.25) is 19.8 Å². The normalized spacial score (nSPS) is 14.5. The minimum atomic E-state index is -0.466. The highest BCUT2D eigenvalue weighted by molar-refractivity contribution is 5.96. The Hall–Kier alpha value is -2.93. The van der Waals surface area contributed by atoms with Crippen LogP contribution in [-0.2, 0) is 11.3 Å². The molecule has 1 aliphatic rings. The molecule has 0 radical (unpaired) electrons. The van der Waals surface area contributed by atoms with Gasteiger partial charge in [0.2, 0.25) is 5.91 Å². The maximum absolute atomic E-state index is 12.6. The molecule has 2 N–H and O–H groups in total. The molecule has 1 fully saturated rings. The van der Waals surface area contributed by atoms with Crippen molar-refractivity contribution in [2.24, 2.45) is 0 Å². The van der Waals surface area contributed by atoms with Gasteiger partial charge in [0, 0.05) is 24.3 Å². The second kappa shape index (κ2) is 10.4. The average Bonchev–Trinajstić information content (AvgIpc) is 2.76. The molecule has 1 saturated carbocycles. The second-order valence-electron chi connectivity index (χ2n) is 8.42. The van der Waals surface area contributed by atoms with Crippen LogP contribution in [0.3, 0.4) is 0 Å². The lowest BCUT2D eigenvalue weighted by Gasteiger charge is -2.31. The number of anilines is 2. The van der Waals surface area contributed by atoms with Crippen LogP contribution in [0.4, 0.5) is 17.1 Å². The van der Waals surface area contributed by atoms with Crippen molar-refractivity contribution in [2.45, 2.75) is 58.5 Å². The van der Waals surface area contributed by atoms with Gasteiger partial charge in [-0.15, -0.1) is 0 Å². The number of amides is 1. The van der Waals surface area contributed by atoms with Crippen LogP contribution >= 0.6 is 0 Å². The van der Waals surface area contributed by atoms with Crippen LogP contribution in [-0.4, -0.2) is 35.4 Å². The summed E-state index contributed by atoms with van der Waals surface area (Å²) in [6.45, 7) is 4.50. The molecule has 0 spiro atoms. The molecule has 0 unspecified atom stereocenters. The van der Waals surface area contributed by atoms with Gasteiger partial charge in [0.25, 0.3) is 5.69 Å². The van der Waals surface area contributed by atoms with Crippen molar-refractivity contribution in [3.8, 4) is 0 Å². The molecule has 0 heterocycles. The van der Waals surface area contributed by atoms with Crippen molar-refractivity contribution in [2.75, 3.05) is 24.2 Å². The first-order chi connectivity index (χ1) is 14.9. The minimum absolute atomic E-state index is 0.0364. The Morgan fingerprint density at radius 1 is 1.13 bits per heavy atom. The zero-order chi connectivity index (χ0) is 22.4. The van der Waals surface area contributed by atoms with E-state index in [-0.39, 0.29) is 23.8 Å². The average molecular weight is 425 g/mol. The summed E-state index contributed by atoms with van der Waals surface area (Å²) in [6, 6.07) is 11.7.